The van der Waals surface area contributed by atoms with Crippen LogP contribution in [0.3, 0.4) is 0 Å². The number of methoxy groups -OCH3 is 2. The van der Waals surface area contributed by atoms with Crippen molar-refractivity contribution in [3.05, 3.63) is 53.6 Å². The highest BCUT2D eigenvalue weighted by molar-refractivity contribution is 5.95. The number of benzene rings is 2. The molecule has 0 saturated carbocycles. The number of carbonyl (C=O) groups excluding carboxylic acids is 3. The Morgan fingerprint density at radius 1 is 0.731 bits per heavy atom. The van der Waals surface area contributed by atoms with Crippen LogP contribution >= 0.6 is 0 Å². The maximum atomic E-state index is 12.5. The fourth-order valence-corrected chi connectivity index (χ4v) is 5.47. The van der Waals surface area contributed by atoms with Crippen molar-refractivity contribution in [3.63, 3.8) is 0 Å². The third-order valence-electron chi connectivity index (χ3n) is 8.54. The molecular weight excluding hydrogens is 662 g/mol. The zero-order chi connectivity index (χ0) is 37.5. The van der Waals surface area contributed by atoms with E-state index >= 15 is 0 Å². The van der Waals surface area contributed by atoms with Crippen LogP contribution in [0.2, 0.25) is 0 Å². The molecule has 0 aliphatic heterocycles. The van der Waals surface area contributed by atoms with E-state index in [-0.39, 0.29) is 23.8 Å². The molecule has 11 heteroatoms. The van der Waals surface area contributed by atoms with Gasteiger partial charge >= 0.3 is 5.97 Å². The summed E-state index contributed by atoms with van der Waals surface area (Å²) in [5.74, 6) is 0.452. The van der Waals surface area contributed by atoms with E-state index in [2.05, 4.69) is 27.5 Å². The zero-order valence-corrected chi connectivity index (χ0v) is 31.9. The molecule has 0 spiro atoms. The van der Waals surface area contributed by atoms with Crippen molar-refractivity contribution in [1.29, 1.82) is 0 Å². The average Bonchev–Trinajstić information content (AvgIpc) is 3.16. The highest BCUT2D eigenvalue weighted by Crippen LogP contribution is 2.28. The molecule has 290 valence electrons. The molecule has 0 aromatic heterocycles. The summed E-state index contributed by atoms with van der Waals surface area (Å²) in [7, 11) is 2.72. The van der Waals surface area contributed by atoms with Crippen molar-refractivity contribution in [2.45, 2.75) is 123 Å². The average molecular weight is 726 g/mol. The number of esters is 1. The van der Waals surface area contributed by atoms with Crippen molar-refractivity contribution in [2.75, 3.05) is 40.6 Å². The fourth-order valence-electron chi connectivity index (χ4n) is 5.47. The summed E-state index contributed by atoms with van der Waals surface area (Å²) in [6, 6.07) is 12.3. The van der Waals surface area contributed by atoms with Crippen molar-refractivity contribution in [2.24, 2.45) is 5.10 Å². The Balaban J connectivity index is 1.45. The first kappa shape index (κ1) is 44.0. The largest absolute Gasteiger partial charge is 0.493 e. The van der Waals surface area contributed by atoms with Crippen LogP contribution in [0.5, 0.6) is 17.2 Å². The zero-order valence-electron chi connectivity index (χ0n) is 31.9. The lowest BCUT2D eigenvalue weighted by Crippen LogP contribution is -2.27. The summed E-state index contributed by atoms with van der Waals surface area (Å²) < 4.78 is 26.7. The van der Waals surface area contributed by atoms with Gasteiger partial charge in [-0.15, -0.1) is 0 Å². The third kappa shape index (κ3) is 21.3. The molecule has 52 heavy (non-hydrogen) atoms. The predicted molar refractivity (Wildman–Crippen MR) is 205 cm³/mol. The molecule has 0 aliphatic carbocycles. The van der Waals surface area contributed by atoms with Crippen LogP contribution in [0.1, 0.15) is 132 Å². The van der Waals surface area contributed by atoms with Gasteiger partial charge in [0.25, 0.3) is 5.91 Å². The maximum Gasteiger partial charge on any atom is 0.343 e. The minimum absolute atomic E-state index is 0.0909. The van der Waals surface area contributed by atoms with Gasteiger partial charge < -0.3 is 29.0 Å². The first-order chi connectivity index (χ1) is 25.5. The van der Waals surface area contributed by atoms with Crippen LogP contribution in [0.25, 0.3) is 0 Å². The van der Waals surface area contributed by atoms with Crippen LogP contribution in [0.4, 0.5) is 0 Å². The first-order valence-electron chi connectivity index (χ1n) is 19.2. The van der Waals surface area contributed by atoms with Crippen molar-refractivity contribution >= 4 is 24.0 Å². The molecule has 0 radical (unpaired) electrons. The summed E-state index contributed by atoms with van der Waals surface area (Å²) in [5.41, 5.74) is 3.75. The Kier molecular flexibility index (Phi) is 24.9. The number of hydrazone groups is 1. The Hall–Kier alpha value is -4.12. The number of unbranched alkanes of at least 4 members (excludes halogenated alkanes) is 14. The lowest BCUT2D eigenvalue weighted by atomic mass is 10.0. The molecule has 2 aromatic rings. The number of nitrogens with one attached hydrogen (secondary N) is 2. The molecule has 2 amide bonds. The lowest BCUT2D eigenvalue weighted by molar-refractivity contribution is -0.142. The summed E-state index contributed by atoms with van der Waals surface area (Å²) in [5, 5.41) is 6.91. The number of nitrogens with zero attached hydrogens (tertiary/aromatic N) is 1. The van der Waals surface area contributed by atoms with Crippen molar-refractivity contribution < 1.29 is 38.1 Å². The molecule has 0 fully saturated rings. The van der Waals surface area contributed by atoms with E-state index in [1.807, 2.05) is 24.3 Å². The molecule has 0 unspecified atom stereocenters. The van der Waals surface area contributed by atoms with E-state index in [1.165, 1.54) is 104 Å². The van der Waals surface area contributed by atoms with E-state index in [4.69, 9.17) is 18.9 Å². The molecule has 0 aliphatic rings. The standard InChI is InChI=1S/C41H63N3O8/c1-4-5-6-7-8-9-10-11-12-13-14-15-16-17-18-20-39(45)42-28-30-51-36-24-21-34(22-25-36)32-50-29-19-27-43-44-41(47)35-23-26-37(48-2)38(31-35)52-33-40(46)49-3/h21-27,31H,4-20,28-30,32-33H2,1-3H3,(H,42,45)(H,44,47)/b43-27+. The normalized spacial score (nSPS) is 11.0. The van der Waals surface area contributed by atoms with Crippen LogP contribution in [-0.2, 0) is 25.7 Å². The number of rotatable bonds is 31. The van der Waals surface area contributed by atoms with Gasteiger partial charge in [0, 0.05) is 24.6 Å². The van der Waals surface area contributed by atoms with E-state index in [1.54, 1.807) is 18.3 Å². The van der Waals surface area contributed by atoms with E-state index in [0.717, 1.165) is 24.2 Å². The molecule has 2 rings (SSSR count). The van der Waals surface area contributed by atoms with Gasteiger partial charge in [-0.2, -0.15) is 5.10 Å². The summed E-state index contributed by atoms with van der Waals surface area (Å²) >= 11 is 0. The molecule has 0 atom stereocenters. The highest BCUT2D eigenvalue weighted by Gasteiger charge is 2.12. The van der Waals surface area contributed by atoms with Gasteiger partial charge in [0.2, 0.25) is 5.91 Å². The minimum Gasteiger partial charge on any atom is -0.493 e. The Labute approximate surface area is 311 Å². The van der Waals surface area contributed by atoms with Crippen LogP contribution in [-0.4, -0.2) is 64.6 Å². The molecule has 0 heterocycles. The van der Waals surface area contributed by atoms with Gasteiger partial charge in [0.1, 0.15) is 12.4 Å². The molecule has 0 bridgehead atoms. The highest BCUT2D eigenvalue weighted by atomic mass is 16.6. The van der Waals surface area contributed by atoms with E-state index < -0.39 is 11.9 Å². The predicted octanol–water partition coefficient (Wildman–Crippen LogP) is 8.33. The maximum absolute atomic E-state index is 12.5. The fraction of sp³-hybridized carbons (Fsp3) is 0.610. The van der Waals surface area contributed by atoms with Crippen molar-refractivity contribution in [1.82, 2.24) is 10.7 Å². The second kappa shape index (κ2) is 29.5. The first-order valence-corrected chi connectivity index (χ1v) is 19.2. The molecular formula is C41H63N3O8. The Morgan fingerprint density at radius 3 is 1.98 bits per heavy atom. The summed E-state index contributed by atoms with van der Waals surface area (Å²) in [6.45, 7) is 3.71. The third-order valence-corrected chi connectivity index (χ3v) is 8.54. The molecule has 0 saturated heterocycles. The Morgan fingerprint density at radius 2 is 1.37 bits per heavy atom. The summed E-state index contributed by atoms with van der Waals surface area (Å²) in [6.07, 6.45) is 22.4. The lowest BCUT2D eigenvalue weighted by Gasteiger charge is -2.11. The number of carbonyl (C=O) groups is 3. The smallest absolute Gasteiger partial charge is 0.343 e. The minimum atomic E-state index is -0.552. The topological polar surface area (TPSA) is 134 Å². The number of ether oxygens (including phenoxy) is 5. The molecule has 11 nitrogen and oxygen atoms in total. The molecule has 2 aromatic carbocycles. The van der Waals surface area contributed by atoms with Crippen molar-refractivity contribution in [3.8, 4) is 17.2 Å². The SMILES string of the molecule is CCCCCCCCCCCCCCCCCC(=O)NCCOc1ccc(COCC/C=N/NC(=O)c2ccc(OC)c(OCC(=O)OC)c2)cc1. The second-order valence-corrected chi connectivity index (χ2v) is 12.9. The quantitative estimate of drug-likeness (QED) is 0.0343. The second-order valence-electron chi connectivity index (χ2n) is 12.9. The number of hydrogen-bond acceptors (Lipinski definition) is 9. The molecule has 2 N–H and O–H groups in total. The van der Waals surface area contributed by atoms with Gasteiger partial charge in [0.15, 0.2) is 18.1 Å². The van der Waals surface area contributed by atoms with E-state index in [0.29, 0.717) is 45.0 Å². The van der Waals surface area contributed by atoms with Crippen LogP contribution < -0.4 is 25.0 Å². The Bertz CT molecular complexity index is 1290. The van der Waals surface area contributed by atoms with Gasteiger partial charge in [-0.1, -0.05) is 109 Å². The summed E-state index contributed by atoms with van der Waals surface area (Å²) in [4.78, 5) is 36.0. The van der Waals surface area contributed by atoms with E-state index in [9.17, 15) is 14.4 Å². The van der Waals surface area contributed by atoms with Gasteiger partial charge in [0.05, 0.1) is 34.0 Å². The number of amides is 2. The van der Waals surface area contributed by atoms with Gasteiger partial charge in [-0.05, 0) is 42.3 Å². The monoisotopic (exact) mass is 725 g/mol. The van der Waals surface area contributed by atoms with Crippen LogP contribution in [0.15, 0.2) is 47.6 Å². The van der Waals surface area contributed by atoms with Gasteiger partial charge in [-0.3, -0.25) is 9.59 Å². The van der Waals surface area contributed by atoms with Gasteiger partial charge in [-0.25, -0.2) is 10.2 Å². The van der Waals surface area contributed by atoms with Crippen LogP contribution in [0, 0.1) is 0 Å². The number of hydrogen-bond donors (Lipinski definition) is 2.